The molecule has 1 saturated carbocycles. The van der Waals surface area contributed by atoms with Gasteiger partial charge in [0.1, 0.15) is 17.2 Å². The molecule has 0 aliphatic heterocycles. The van der Waals surface area contributed by atoms with Crippen molar-refractivity contribution in [2.45, 2.75) is 31.7 Å². The summed E-state index contributed by atoms with van der Waals surface area (Å²) in [4.78, 5) is 16.7. The van der Waals surface area contributed by atoms with E-state index in [1.54, 1.807) is 44.7 Å². The number of amides is 1. The van der Waals surface area contributed by atoms with Gasteiger partial charge in [-0.2, -0.15) is 0 Å². The average molecular weight is 341 g/mol. The predicted octanol–water partition coefficient (Wildman–Crippen LogP) is 3.71. The Bertz CT molecular complexity index is 742. The fraction of sp³-hybridized carbons (Fsp3) is 0.368. The van der Waals surface area contributed by atoms with E-state index in [-0.39, 0.29) is 5.91 Å². The lowest BCUT2D eigenvalue weighted by Gasteiger charge is -2.14. The molecule has 0 atom stereocenters. The van der Waals surface area contributed by atoms with Gasteiger partial charge in [-0.1, -0.05) is 12.8 Å². The van der Waals surface area contributed by atoms with Gasteiger partial charge in [0.2, 0.25) is 0 Å². The third-order valence-electron chi connectivity index (χ3n) is 4.38. The van der Waals surface area contributed by atoms with Gasteiger partial charge in [-0.25, -0.2) is 0 Å². The van der Waals surface area contributed by atoms with Crippen LogP contribution in [0, 0.1) is 0 Å². The number of hydrogen-bond donors (Lipinski definition) is 2. The van der Waals surface area contributed by atoms with Gasteiger partial charge >= 0.3 is 0 Å². The average Bonchev–Trinajstić information content (AvgIpc) is 3.15. The SMILES string of the molecule is COc1ccc(NC(=O)c2cc(NC3CCCC3)ccn2)c(OC)c1. The highest BCUT2D eigenvalue weighted by molar-refractivity contribution is 6.04. The van der Waals surface area contributed by atoms with Crippen molar-refractivity contribution in [3.8, 4) is 11.5 Å². The second-order valence-corrected chi connectivity index (χ2v) is 6.08. The largest absolute Gasteiger partial charge is 0.497 e. The van der Waals surface area contributed by atoms with Crippen LogP contribution in [0.2, 0.25) is 0 Å². The Labute approximate surface area is 147 Å². The van der Waals surface area contributed by atoms with Gasteiger partial charge in [-0.3, -0.25) is 9.78 Å². The fourth-order valence-corrected chi connectivity index (χ4v) is 3.04. The number of ether oxygens (including phenoxy) is 2. The van der Waals surface area contributed by atoms with Crippen molar-refractivity contribution in [1.29, 1.82) is 0 Å². The lowest BCUT2D eigenvalue weighted by molar-refractivity contribution is 0.102. The molecule has 3 rings (SSSR count). The number of nitrogens with one attached hydrogen (secondary N) is 2. The van der Waals surface area contributed by atoms with Crippen LogP contribution in [0.15, 0.2) is 36.5 Å². The number of methoxy groups -OCH3 is 2. The van der Waals surface area contributed by atoms with Crippen molar-refractivity contribution in [3.05, 3.63) is 42.2 Å². The smallest absolute Gasteiger partial charge is 0.274 e. The molecular weight excluding hydrogens is 318 g/mol. The summed E-state index contributed by atoms with van der Waals surface area (Å²) in [7, 11) is 3.13. The van der Waals surface area contributed by atoms with Crippen LogP contribution < -0.4 is 20.1 Å². The van der Waals surface area contributed by atoms with Crippen LogP contribution in [-0.2, 0) is 0 Å². The van der Waals surface area contributed by atoms with E-state index in [2.05, 4.69) is 15.6 Å². The Balaban J connectivity index is 1.72. The zero-order valence-electron chi connectivity index (χ0n) is 14.5. The summed E-state index contributed by atoms with van der Waals surface area (Å²) < 4.78 is 10.5. The molecule has 0 bridgehead atoms. The molecule has 6 nitrogen and oxygen atoms in total. The molecule has 1 aliphatic rings. The maximum absolute atomic E-state index is 12.5. The Morgan fingerprint density at radius 2 is 1.92 bits per heavy atom. The Hall–Kier alpha value is -2.76. The minimum Gasteiger partial charge on any atom is -0.497 e. The number of aromatic nitrogens is 1. The maximum Gasteiger partial charge on any atom is 0.274 e. The highest BCUT2D eigenvalue weighted by Gasteiger charge is 2.16. The fourth-order valence-electron chi connectivity index (χ4n) is 3.04. The van der Waals surface area contributed by atoms with E-state index in [0.717, 1.165) is 5.69 Å². The zero-order valence-corrected chi connectivity index (χ0v) is 14.5. The molecule has 25 heavy (non-hydrogen) atoms. The number of anilines is 2. The number of pyridine rings is 1. The third-order valence-corrected chi connectivity index (χ3v) is 4.38. The summed E-state index contributed by atoms with van der Waals surface area (Å²) in [5, 5.41) is 6.32. The molecule has 1 aromatic heterocycles. The number of carbonyl (C=O) groups is 1. The number of hydrogen-bond acceptors (Lipinski definition) is 5. The van der Waals surface area contributed by atoms with E-state index in [9.17, 15) is 4.79 Å². The summed E-state index contributed by atoms with van der Waals surface area (Å²) in [5.41, 5.74) is 1.86. The molecule has 2 N–H and O–H groups in total. The van der Waals surface area contributed by atoms with Crippen molar-refractivity contribution in [3.63, 3.8) is 0 Å². The highest BCUT2D eigenvalue weighted by Crippen LogP contribution is 2.29. The van der Waals surface area contributed by atoms with Crippen LogP contribution >= 0.6 is 0 Å². The summed E-state index contributed by atoms with van der Waals surface area (Å²) >= 11 is 0. The van der Waals surface area contributed by atoms with E-state index in [0.29, 0.717) is 28.9 Å². The molecule has 1 fully saturated rings. The number of nitrogens with zero attached hydrogens (tertiary/aromatic N) is 1. The van der Waals surface area contributed by atoms with Gasteiger partial charge in [-0.05, 0) is 37.1 Å². The van der Waals surface area contributed by atoms with Crippen LogP contribution in [-0.4, -0.2) is 31.2 Å². The van der Waals surface area contributed by atoms with Gasteiger partial charge in [0, 0.05) is 24.0 Å². The lowest BCUT2D eigenvalue weighted by Crippen LogP contribution is -2.17. The third kappa shape index (κ3) is 4.21. The predicted molar refractivity (Wildman–Crippen MR) is 97.6 cm³/mol. The molecule has 1 aliphatic carbocycles. The summed E-state index contributed by atoms with van der Waals surface area (Å²) in [6.07, 6.45) is 6.51. The number of carbonyl (C=O) groups excluding carboxylic acids is 1. The first kappa shape index (κ1) is 17.1. The Kier molecular flexibility index (Phi) is 5.38. The Morgan fingerprint density at radius 3 is 2.64 bits per heavy atom. The van der Waals surface area contributed by atoms with E-state index >= 15 is 0 Å². The number of rotatable bonds is 6. The van der Waals surface area contributed by atoms with Crippen molar-refractivity contribution < 1.29 is 14.3 Å². The highest BCUT2D eigenvalue weighted by atomic mass is 16.5. The minimum atomic E-state index is -0.279. The molecule has 6 heteroatoms. The molecule has 0 spiro atoms. The zero-order chi connectivity index (χ0) is 17.6. The van der Waals surface area contributed by atoms with Crippen molar-refractivity contribution in [1.82, 2.24) is 4.98 Å². The van der Waals surface area contributed by atoms with Crippen LogP contribution in [0.5, 0.6) is 11.5 Å². The first-order chi connectivity index (χ1) is 12.2. The van der Waals surface area contributed by atoms with Crippen molar-refractivity contribution in [2.24, 2.45) is 0 Å². The molecule has 132 valence electrons. The minimum absolute atomic E-state index is 0.279. The molecule has 1 heterocycles. The van der Waals surface area contributed by atoms with E-state index in [4.69, 9.17) is 9.47 Å². The molecule has 1 amide bonds. The summed E-state index contributed by atoms with van der Waals surface area (Å²) in [6.45, 7) is 0. The second-order valence-electron chi connectivity index (χ2n) is 6.08. The topological polar surface area (TPSA) is 72.5 Å². The van der Waals surface area contributed by atoms with Crippen molar-refractivity contribution >= 4 is 17.3 Å². The van der Waals surface area contributed by atoms with Crippen LogP contribution in [0.25, 0.3) is 0 Å². The summed E-state index contributed by atoms with van der Waals surface area (Å²) in [5.74, 6) is 0.919. The standard InChI is InChI=1S/C19H23N3O3/c1-24-15-7-8-16(18(12-15)25-2)22-19(23)17-11-14(9-10-20-17)21-13-5-3-4-6-13/h7-13H,3-6H2,1-2H3,(H,20,21)(H,22,23). The van der Waals surface area contributed by atoms with E-state index in [1.807, 2.05) is 6.07 Å². The molecule has 0 radical (unpaired) electrons. The lowest BCUT2D eigenvalue weighted by atomic mass is 10.2. The summed E-state index contributed by atoms with van der Waals surface area (Å²) in [6, 6.07) is 9.40. The molecular formula is C19H23N3O3. The normalized spacial score (nSPS) is 14.2. The van der Waals surface area contributed by atoms with Gasteiger partial charge < -0.3 is 20.1 Å². The van der Waals surface area contributed by atoms with Crippen LogP contribution in [0.1, 0.15) is 36.2 Å². The molecule has 0 saturated heterocycles. The first-order valence-electron chi connectivity index (χ1n) is 8.45. The van der Waals surface area contributed by atoms with Gasteiger partial charge in [0.05, 0.1) is 19.9 Å². The van der Waals surface area contributed by atoms with Crippen molar-refractivity contribution in [2.75, 3.05) is 24.9 Å². The van der Waals surface area contributed by atoms with Gasteiger partial charge in [-0.15, -0.1) is 0 Å². The number of benzene rings is 1. The molecule has 2 aromatic rings. The molecule has 1 aromatic carbocycles. The molecule has 0 unspecified atom stereocenters. The van der Waals surface area contributed by atoms with E-state index < -0.39 is 0 Å². The van der Waals surface area contributed by atoms with Gasteiger partial charge in [0.25, 0.3) is 5.91 Å². The monoisotopic (exact) mass is 341 g/mol. The van der Waals surface area contributed by atoms with E-state index in [1.165, 1.54) is 25.7 Å². The Morgan fingerprint density at radius 1 is 1.12 bits per heavy atom. The van der Waals surface area contributed by atoms with Gasteiger partial charge in [0.15, 0.2) is 0 Å². The van der Waals surface area contributed by atoms with Crippen LogP contribution in [0.4, 0.5) is 11.4 Å². The second kappa shape index (κ2) is 7.88. The quantitative estimate of drug-likeness (QED) is 0.838. The maximum atomic E-state index is 12.5. The van der Waals surface area contributed by atoms with Crippen LogP contribution in [0.3, 0.4) is 0 Å². The first-order valence-corrected chi connectivity index (χ1v) is 8.45.